The molecule has 2 bridgehead atoms. The average Bonchev–Trinajstić information content (AvgIpc) is 3.51. The van der Waals surface area contributed by atoms with Crippen LogP contribution in [-0.2, 0) is 12.0 Å². The summed E-state index contributed by atoms with van der Waals surface area (Å²) in [5.74, 6) is -0.769. The molecule has 4 aromatic rings. The van der Waals surface area contributed by atoms with E-state index in [1.165, 1.54) is 18.2 Å². The van der Waals surface area contributed by atoms with Gasteiger partial charge in [-0.2, -0.15) is 10.2 Å². The van der Waals surface area contributed by atoms with Crippen LogP contribution in [0.25, 0.3) is 22.8 Å². The summed E-state index contributed by atoms with van der Waals surface area (Å²) in [4.78, 5) is 9.36. The van der Waals surface area contributed by atoms with Gasteiger partial charge >= 0.3 is 0 Å². The van der Waals surface area contributed by atoms with Gasteiger partial charge in [-0.05, 0) is 60.1 Å². The quantitative estimate of drug-likeness (QED) is 0.413. The van der Waals surface area contributed by atoms with Crippen molar-refractivity contribution in [1.29, 1.82) is 0 Å². The number of nitrogens with zero attached hydrogens (tertiary/aromatic N) is 6. The minimum absolute atomic E-state index is 0.129. The van der Waals surface area contributed by atoms with Crippen LogP contribution in [0.4, 0.5) is 8.78 Å². The second-order valence-electron chi connectivity index (χ2n) is 10.4. The standard InChI is InChI=1S/C27H26F2N6O2/c1-26(2)17-6-9-27(26,24-16(17)12-21(32-33-24)23-18(28)4-3-5-19(23)29)22-7-10-30-25(31-22)20-8-11-35(34-20)13-15(37)14-36/h3-5,7-8,10-12,15,17,36-37H,6,9,13-14H2,1-2H3/t15-,17-,27-/m0/s1. The molecule has 0 saturated heterocycles. The van der Waals surface area contributed by atoms with Crippen molar-refractivity contribution < 1.29 is 19.0 Å². The highest BCUT2D eigenvalue weighted by Gasteiger charge is 2.65. The van der Waals surface area contributed by atoms with Gasteiger partial charge in [0.25, 0.3) is 0 Å². The van der Waals surface area contributed by atoms with Crippen molar-refractivity contribution in [2.75, 3.05) is 6.61 Å². The van der Waals surface area contributed by atoms with Gasteiger partial charge in [-0.1, -0.05) is 19.9 Å². The smallest absolute Gasteiger partial charge is 0.180 e. The molecule has 0 spiro atoms. The van der Waals surface area contributed by atoms with E-state index in [1.54, 1.807) is 29.2 Å². The third kappa shape index (κ3) is 3.42. The number of halogens is 2. The van der Waals surface area contributed by atoms with Crippen LogP contribution in [0.15, 0.2) is 48.8 Å². The molecule has 8 nitrogen and oxygen atoms in total. The third-order valence-electron chi connectivity index (χ3n) is 8.17. The van der Waals surface area contributed by atoms with E-state index in [-0.39, 0.29) is 35.7 Å². The van der Waals surface area contributed by atoms with Gasteiger partial charge in [0.15, 0.2) is 5.82 Å². The van der Waals surface area contributed by atoms with E-state index in [0.29, 0.717) is 11.5 Å². The molecule has 0 amide bonds. The summed E-state index contributed by atoms with van der Waals surface area (Å²) < 4.78 is 30.6. The van der Waals surface area contributed by atoms with Crippen molar-refractivity contribution in [3.05, 3.63) is 77.4 Å². The Morgan fingerprint density at radius 3 is 2.65 bits per heavy atom. The zero-order valence-electron chi connectivity index (χ0n) is 20.4. The second kappa shape index (κ2) is 8.46. The maximum Gasteiger partial charge on any atom is 0.180 e. The summed E-state index contributed by atoms with van der Waals surface area (Å²) in [6.45, 7) is 4.17. The number of fused-ring (bicyclic) bond motifs is 5. The van der Waals surface area contributed by atoms with Crippen LogP contribution in [0.1, 0.15) is 49.6 Å². The molecule has 1 fully saturated rings. The first-order valence-corrected chi connectivity index (χ1v) is 12.2. The molecule has 1 aromatic carbocycles. The molecule has 0 radical (unpaired) electrons. The lowest BCUT2D eigenvalue weighted by molar-refractivity contribution is 0.0783. The Bertz CT molecular complexity index is 1490. The highest BCUT2D eigenvalue weighted by atomic mass is 19.1. The number of aromatic nitrogens is 6. The Labute approximate surface area is 212 Å². The van der Waals surface area contributed by atoms with Crippen molar-refractivity contribution in [3.63, 3.8) is 0 Å². The fourth-order valence-corrected chi connectivity index (χ4v) is 6.33. The number of benzene rings is 1. The van der Waals surface area contributed by atoms with Gasteiger partial charge in [-0.25, -0.2) is 18.7 Å². The van der Waals surface area contributed by atoms with Crippen LogP contribution in [0.3, 0.4) is 0 Å². The molecular weight excluding hydrogens is 478 g/mol. The molecule has 10 heteroatoms. The van der Waals surface area contributed by atoms with Gasteiger partial charge in [-0.15, -0.1) is 5.10 Å². The number of aliphatic hydroxyl groups is 2. The van der Waals surface area contributed by atoms with Gasteiger partial charge in [0.05, 0.1) is 47.3 Å². The molecule has 1 saturated carbocycles. The fraction of sp³-hybridized carbons (Fsp3) is 0.370. The van der Waals surface area contributed by atoms with Crippen LogP contribution in [0, 0.1) is 17.0 Å². The maximum atomic E-state index is 14.5. The van der Waals surface area contributed by atoms with Crippen LogP contribution < -0.4 is 0 Å². The summed E-state index contributed by atoms with van der Waals surface area (Å²) in [5, 5.41) is 32.2. The van der Waals surface area contributed by atoms with Crippen LogP contribution >= 0.6 is 0 Å². The van der Waals surface area contributed by atoms with E-state index < -0.39 is 23.2 Å². The van der Waals surface area contributed by atoms with E-state index in [9.17, 15) is 13.9 Å². The van der Waals surface area contributed by atoms with Crippen LogP contribution in [-0.4, -0.2) is 52.9 Å². The minimum atomic E-state index is -0.911. The molecule has 3 aromatic heterocycles. The van der Waals surface area contributed by atoms with Gasteiger partial charge < -0.3 is 10.2 Å². The van der Waals surface area contributed by atoms with E-state index in [1.807, 2.05) is 6.07 Å². The molecule has 3 heterocycles. The van der Waals surface area contributed by atoms with E-state index in [4.69, 9.17) is 10.1 Å². The zero-order valence-corrected chi connectivity index (χ0v) is 20.4. The Balaban J connectivity index is 1.43. The molecule has 37 heavy (non-hydrogen) atoms. The molecule has 2 aliphatic carbocycles. The van der Waals surface area contributed by atoms with Crippen LogP contribution in [0.5, 0.6) is 0 Å². The van der Waals surface area contributed by atoms with Gasteiger partial charge in [-0.3, -0.25) is 4.68 Å². The van der Waals surface area contributed by atoms with E-state index in [2.05, 4.69) is 34.1 Å². The lowest BCUT2D eigenvalue weighted by atomic mass is 9.66. The Morgan fingerprint density at radius 2 is 1.89 bits per heavy atom. The summed E-state index contributed by atoms with van der Waals surface area (Å²) in [6.07, 6.45) is 4.20. The number of rotatable bonds is 6. The summed E-state index contributed by atoms with van der Waals surface area (Å²) in [6, 6.07) is 9.22. The highest BCUT2D eigenvalue weighted by molar-refractivity contribution is 5.64. The molecule has 0 aliphatic heterocycles. The zero-order chi connectivity index (χ0) is 25.9. The van der Waals surface area contributed by atoms with E-state index >= 15 is 0 Å². The Kier molecular flexibility index (Phi) is 5.43. The molecular formula is C27H26F2N6O2. The van der Waals surface area contributed by atoms with Crippen molar-refractivity contribution >= 4 is 0 Å². The first-order chi connectivity index (χ1) is 17.8. The van der Waals surface area contributed by atoms with Crippen molar-refractivity contribution in [3.8, 4) is 22.8 Å². The predicted octanol–water partition coefficient (Wildman–Crippen LogP) is 3.63. The first-order valence-electron chi connectivity index (χ1n) is 12.2. The molecule has 190 valence electrons. The molecule has 6 rings (SSSR count). The van der Waals surface area contributed by atoms with Gasteiger partial charge in [0.1, 0.15) is 17.3 Å². The average molecular weight is 505 g/mol. The molecule has 2 aliphatic rings. The lowest BCUT2D eigenvalue weighted by Crippen LogP contribution is -2.38. The molecule has 2 N–H and O–H groups in total. The van der Waals surface area contributed by atoms with Gasteiger partial charge in [0, 0.05) is 12.4 Å². The summed E-state index contributed by atoms with van der Waals surface area (Å²) in [7, 11) is 0. The van der Waals surface area contributed by atoms with Crippen molar-refractivity contribution in [2.45, 2.75) is 50.7 Å². The number of hydrogen-bond donors (Lipinski definition) is 2. The Morgan fingerprint density at radius 1 is 1.11 bits per heavy atom. The lowest BCUT2D eigenvalue weighted by Gasteiger charge is -2.37. The fourth-order valence-electron chi connectivity index (χ4n) is 6.33. The van der Waals surface area contributed by atoms with Crippen molar-refractivity contribution in [1.82, 2.24) is 29.9 Å². The summed E-state index contributed by atoms with van der Waals surface area (Å²) >= 11 is 0. The monoisotopic (exact) mass is 504 g/mol. The largest absolute Gasteiger partial charge is 0.394 e. The third-order valence-corrected chi connectivity index (χ3v) is 8.17. The second-order valence-corrected chi connectivity index (χ2v) is 10.4. The Hall–Kier alpha value is -3.63. The maximum absolute atomic E-state index is 14.5. The normalized spacial score (nSPS) is 22.3. The summed E-state index contributed by atoms with van der Waals surface area (Å²) in [5.41, 5.74) is 2.29. The van der Waals surface area contributed by atoms with Crippen molar-refractivity contribution in [2.24, 2.45) is 5.41 Å². The minimum Gasteiger partial charge on any atom is -0.394 e. The SMILES string of the molecule is CC1(C)[C@H]2CC[C@]1(c1ccnc(-c3ccn(C[C@H](O)CO)n3)n1)c1nnc(-c3c(F)cccc3F)cc12. The predicted molar refractivity (Wildman–Crippen MR) is 130 cm³/mol. The first kappa shape index (κ1) is 23.7. The highest BCUT2D eigenvalue weighted by Crippen LogP contribution is 2.69. The number of aliphatic hydroxyl groups excluding tert-OH is 2. The van der Waals surface area contributed by atoms with Crippen LogP contribution in [0.2, 0.25) is 0 Å². The topological polar surface area (TPSA) is 110 Å². The molecule has 3 atom stereocenters. The van der Waals surface area contributed by atoms with Gasteiger partial charge in [0.2, 0.25) is 0 Å². The molecule has 0 unspecified atom stereocenters. The number of hydrogen-bond acceptors (Lipinski definition) is 7. The van der Waals surface area contributed by atoms with E-state index in [0.717, 1.165) is 29.8 Å².